The van der Waals surface area contributed by atoms with Crippen LogP contribution in [0.15, 0.2) is 53.4 Å². The Kier molecular flexibility index (Phi) is 5.67. The lowest BCUT2D eigenvalue weighted by Gasteiger charge is -2.27. The molecule has 0 saturated carbocycles. The lowest BCUT2D eigenvalue weighted by molar-refractivity contribution is 0.0302. The Labute approximate surface area is 159 Å². The maximum Gasteiger partial charge on any atom is 0.261 e. The van der Waals surface area contributed by atoms with Crippen LogP contribution >= 0.6 is 0 Å². The van der Waals surface area contributed by atoms with E-state index in [2.05, 4.69) is 4.72 Å². The van der Waals surface area contributed by atoms with Gasteiger partial charge in [0.1, 0.15) is 0 Å². The lowest BCUT2D eigenvalue weighted by atomic mass is 10.2. The first-order valence-corrected chi connectivity index (χ1v) is 10.1. The molecule has 0 radical (unpaired) electrons. The number of benzene rings is 2. The van der Waals surface area contributed by atoms with Crippen molar-refractivity contribution < 1.29 is 17.9 Å². The first-order chi connectivity index (χ1) is 12.9. The van der Waals surface area contributed by atoms with Crippen LogP contribution in [0.5, 0.6) is 0 Å². The second-order valence-electron chi connectivity index (χ2n) is 6.48. The van der Waals surface area contributed by atoms with Gasteiger partial charge in [0.2, 0.25) is 0 Å². The molecule has 1 aliphatic rings. The third-order valence-corrected chi connectivity index (χ3v) is 5.70. The van der Waals surface area contributed by atoms with Gasteiger partial charge in [0, 0.05) is 44.1 Å². The van der Waals surface area contributed by atoms with E-state index in [0.29, 0.717) is 37.6 Å². The summed E-state index contributed by atoms with van der Waals surface area (Å²) < 4.78 is 33.2. The predicted molar refractivity (Wildman–Crippen MR) is 105 cm³/mol. The molecule has 1 saturated heterocycles. The van der Waals surface area contributed by atoms with E-state index < -0.39 is 10.0 Å². The smallest absolute Gasteiger partial charge is 0.261 e. The first kappa shape index (κ1) is 19.2. The number of amides is 1. The van der Waals surface area contributed by atoms with E-state index in [1.54, 1.807) is 29.2 Å². The molecule has 1 amide bonds. The molecule has 7 nitrogen and oxygen atoms in total. The Morgan fingerprint density at radius 1 is 1.07 bits per heavy atom. The van der Waals surface area contributed by atoms with Crippen LogP contribution in [0.25, 0.3) is 0 Å². The van der Waals surface area contributed by atoms with E-state index in [1.165, 1.54) is 12.1 Å². The molecule has 1 N–H and O–H groups in total. The monoisotopic (exact) mass is 389 g/mol. The molecular formula is C19H23N3O4S. The average molecular weight is 389 g/mol. The maximum absolute atomic E-state index is 12.7. The van der Waals surface area contributed by atoms with Crippen molar-refractivity contribution in [3.05, 3.63) is 54.1 Å². The molecule has 144 valence electrons. The Morgan fingerprint density at radius 2 is 1.74 bits per heavy atom. The standard InChI is InChI=1S/C19H23N3O4S/c1-21(2)17-8-6-16(7-9-17)20-27(24,25)18-5-3-4-15(14-18)19(23)22-10-12-26-13-11-22/h3-9,14,20H,10-13H2,1-2H3. The van der Waals surface area contributed by atoms with Crippen molar-refractivity contribution in [3.63, 3.8) is 0 Å². The number of ether oxygens (including phenoxy) is 1. The van der Waals surface area contributed by atoms with Gasteiger partial charge in [-0.05, 0) is 42.5 Å². The van der Waals surface area contributed by atoms with Gasteiger partial charge in [-0.25, -0.2) is 8.42 Å². The minimum absolute atomic E-state index is 0.0540. The minimum atomic E-state index is -3.79. The fourth-order valence-electron chi connectivity index (χ4n) is 2.79. The average Bonchev–Trinajstić information content (AvgIpc) is 2.68. The summed E-state index contributed by atoms with van der Waals surface area (Å²) in [5, 5.41) is 0. The van der Waals surface area contributed by atoms with E-state index in [0.717, 1.165) is 5.69 Å². The first-order valence-electron chi connectivity index (χ1n) is 8.64. The number of nitrogens with one attached hydrogen (secondary N) is 1. The maximum atomic E-state index is 12.7. The Morgan fingerprint density at radius 3 is 2.37 bits per heavy atom. The molecule has 27 heavy (non-hydrogen) atoms. The lowest BCUT2D eigenvalue weighted by Crippen LogP contribution is -2.40. The van der Waals surface area contributed by atoms with E-state index in [4.69, 9.17) is 4.74 Å². The van der Waals surface area contributed by atoms with E-state index in [9.17, 15) is 13.2 Å². The van der Waals surface area contributed by atoms with Crippen molar-refractivity contribution in [3.8, 4) is 0 Å². The van der Waals surface area contributed by atoms with Crippen LogP contribution in [0.4, 0.5) is 11.4 Å². The number of anilines is 2. The minimum Gasteiger partial charge on any atom is -0.378 e. The van der Waals surface area contributed by atoms with Crippen molar-refractivity contribution in [2.45, 2.75) is 4.90 Å². The summed E-state index contributed by atoms with van der Waals surface area (Å²) in [6.07, 6.45) is 0. The third kappa shape index (κ3) is 4.58. The summed E-state index contributed by atoms with van der Waals surface area (Å²) in [7, 11) is 0.0335. The highest BCUT2D eigenvalue weighted by Crippen LogP contribution is 2.20. The van der Waals surface area contributed by atoms with E-state index >= 15 is 0 Å². The van der Waals surface area contributed by atoms with Gasteiger partial charge in [-0.1, -0.05) is 6.07 Å². The van der Waals surface area contributed by atoms with Crippen molar-refractivity contribution in [1.82, 2.24) is 4.90 Å². The predicted octanol–water partition coefficient (Wildman–Crippen LogP) is 2.03. The SMILES string of the molecule is CN(C)c1ccc(NS(=O)(=O)c2cccc(C(=O)N3CCOCC3)c2)cc1. The number of hydrogen-bond acceptors (Lipinski definition) is 5. The van der Waals surface area contributed by atoms with E-state index in [1.807, 2.05) is 31.1 Å². The van der Waals surface area contributed by atoms with Crippen LogP contribution in [-0.4, -0.2) is 59.6 Å². The molecule has 1 fully saturated rings. The van der Waals surface area contributed by atoms with Crippen LogP contribution in [-0.2, 0) is 14.8 Å². The van der Waals surface area contributed by atoms with Crippen LogP contribution in [0.3, 0.4) is 0 Å². The number of hydrogen-bond donors (Lipinski definition) is 1. The van der Waals surface area contributed by atoms with Gasteiger partial charge in [-0.3, -0.25) is 9.52 Å². The van der Waals surface area contributed by atoms with Gasteiger partial charge in [-0.2, -0.15) is 0 Å². The van der Waals surface area contributed by atoms with Gasteiger partial charge in [0.05, 0.1) is 18.1 Å². The van der Waals surface area contributed by atoms with Crippen LogP contribution in [0, 0.1) is 0 Å². The van der Waals surface area contributed by atoms with Crippen molar-refractivity contribution in [2.24, 2.45) is 0 Å². The molecule has 1 heterocycles. The molecule has 0 bridgehead atoms. The highest BCUT2D eigenvalue weighted by molar-refractivity contribution is 7.92. The molecule has 2 aromatic rings. The highest BCUT2D eigenvalue weighted by atomic mass is 32.2. The highest BCUT2D eigenvalue weighted by Gasteiger charge is 2.21. The van der Waals surface area contributed by atoms with Gasteiger partial charge in [0.25, 0.3) is 15.9 Å². The Balaban J connectivity index is 1.79. The normalized spacial score (nSPS) is 14.7. The molecule has 0 atom stereocenters. The summed E-state index contributed by atoms with van der Waals surface area (Å²) in [5.41, 5.74) is 1.78. The Hall–Kier alpha value is -2.58. The molecule has 3 rings (SSSR count). The van der Waals surface area contributed by atoms with Gasteiger partial charge < -0.3 is 14.5 Å². The summed E-state index contributed by atoms with van der Waals surface area (Å²) in [6, 6.07) is 13.2. The topological polar surface area (TPSA) is 79.0 Å². The van der Waals surface area contributed by atoms with Crippen LogP contribution < -0.4 is 9.62 Å². The van der Waals surface area contributed by atoms with Crippen molar-refractivity contribution in [1.29, 1.82) is 0 Å². The second kappa shape index (κ2) is 7.98. The summed E-state index contributed by atoms with van der Waals surface area (Å²) in [5.74, 6) is -0.189. The number of sulfonamides is 1. The molecule has 0 aromatic heterocycles. The Bertz CT molecular complexity index is 905. The summed E-state index contributed by atoms with van der Waals surface area (Å²) >= 11 is 0. The van der Waals surface area contributed by atoms with E-state index in [-0.39, 0.29) is 10.8 Å². The largest absolute Gasteiger partial charge is 0.378 e. The number of rotatable bonds is 5. The number of nitrogens with zero attached hydrogens (tertiary/aromatic N) is 2. The van der Waals surface area contributed by atoms with Crippen molar-refractivity contribution >= 4 is 27.3 Å². The molecule has 1 aliphatic heterocycles. The zero-order chi connectivity index (χ0) is 19.4. The molecule has 2 aromatic carbocycles. The summed E-state index contributed by atoms with van der Waals surface area (Å²) in [6.45, 7) is 2.00. The molecule has 0 unspecified atom stereocenters. The molecule has 0 aliphatic carbocycles. The molecular weight excluding hydrogens is 366 g/mol. The quantitative estimate of drug-likeness (QED) is 0.847. The third-order valence-electron chi connectivity index (χ3n) is 4.33. The van der Waals surface area contributed by atoms with Gasteiger partial charge in [0.15, 0.2) is 0 Å². The van der Waals surface area contributed by atoms with Crippen LogP contribution in [0.1, 0.15) is 10.4 Å². The zero-order valence-electron chi connectivity index (χ0n) is 15.4. The second-order valence-corrected chi connectivity index (χ2v) is 8.16. The van der Waals surface area contributed by atoms with Crippen LogP contribution in [0.2, 0.25) is 0 Å². The number of carbonyl (C=O) groups excluding carboxylic acids is 1. The molecule has 0 spiro atoms. The van der Waals surface area contributed by atoms with Gasteiger partial charge >= 0.3 is 0 Å². The number of carbonyl (C=O) groups is 1. The van der Waals surface area contributed by atoms with Gasteiger partial charge in [-0.15, -0.1) is 0 Å². The zero-order valence-corrected chi connectivity index (χ0v) is 16.2. The molecule has 8 heteroatoms. The fraction of sp³-hybridized carbons (Fsp3) is 0.316. The number of morpholine rings is 1. The fourth-order valence-corrected chi connectivity index (χ4v) is 3.89. The van der Waals surface area contributed by atoms with Crippen molar-refractivity contribution in [2.75, 3.05) is 50.0 Å². The summed E-state index contributed by atoms with van der Waals surface area (Å²) in [4.78, 5) is 16.2.